The normalized spacial score (nSPS) is 10.1. The molecule has 5 nitrogen and oxygen atoms in total. The highest BCUT2D eigenvalue weighted by atomic mass is 16.1. The third-order valence-electron chi connectivity index (χ3n) is 2.50. The second-order valence-corrected chi connectivity index (χ2v) is 4.33. The van der Waals surface area contributed by atoms with E-state index in [-0.39, 0.29) is 5.91 Å². The summed E-state index contributed by atoms with van der Waals surface area (Å²) in [7, 11) is 0. The molecule has 1 aromatic heterocycles. The summed E-state index contributed by atoms with van der Waals surface area (Å²) in [6, 6.07) is 1.89. The van der Waals surface area contributed by atoms with E-state index in [2.05, 4.69) is 15.6 Å². The maximum Gasteiger partial charge on any atom is 0.219 e. The minimum atomic E-state index is 0.116. The highest BCUT2D eigenvalue weighted by Crippen LogP contribution is 2.15. The van der Waals surface area contributed by atoms with Crippen molar-refractivity contribution >= 4 is 17.4 Å². The van der Waals surface area contributed by atoms with Crippen LogP contribution >= 0.6 is 0 Å². The molecule has 1 heterocycles. The van der Waals surface area contributed by atoms with Gasteiger partial charge in [0.05, 0.1) is 5.69 Å². The zero-order valence-electron chi connectivity index (χ0n) is 11.1. The van der Waals surface area contributed by atoms with Crippen molar-refractivity contribution in [2.75, 3.05) is 24.1 Å². The summed E-state index contributed by atoms with van der Waals surface area (Å²) in [5.41, 5.74) is 7.53. The quantitative estimate of drug-likeness (QED) is 0.643. The molecule has 5 heteroatoms. The van der Waals surface area contributed by atoms with E-state index in [1.165, 1.54) is 0 Å². The summed E-state index contributed by atoms with van der Waals surface area (Å²) in [6.45, 7) is 5.37. The van der Waals surface area contributed by atoms with E-state index in [9.17, 15) is 4.79 Å². The lowest BCUT2D eigenvalue weighted by atomic mass is 10.3. The van der Waals surface area contributed by atoms with E-state index in [0.29, 0.717) is 24.5 Å². The largest absolute Gasteiger partial charge is 0.396 e. The molecule has 1 aromatic rings. The minimum absolute atomic E-state index is 0.116. The molecule has 0 aliphatic carbocycles. The van der Waals surface area contributed by atoms with Crippen molar-refractivity contribution in [2.45, 2.75) is 33.1 Å². The molecule has 0 atom stereocenters. The van der Waals surface area contributed by atoms with Gasteiger partial charge in [-0.15, -0.1) is 0 Å². The van der Waals surface area contributed by atoms with Crippen molar-refractivity contribution in [3.63, 3.8) is 0 Å². The van der Waals surface area contributed by atoms with Crippen LogP contribution in [0.15, 0.2) is 12.3 Å². The average Bonchev–Trinajstić information content (AvgIpc) is 2.31. The molecular formula is C13H22N4O. The fourth-order valence-electron chi connectivity index (χ4n) is 1.58. The summed E-state index contributed by atoms with van der Waals surface area (Å²) >= 11 is 0. The molecule has 0 aromatic carbocycles. The standard InChI is InChI=1S/C13H22N4O/c1-3-5-12(18)15-6-4-7-16-13-11(14)8-10(2)9-17-13/h8-9H,3-7,14H2,1-2H3,(H,15,18)(H,16,17). The molecule has 1 amide bonds. The van der Waals surface area contributed by atoms with Gasteiger partial charge < -0.3 is 16.4 Å². The Hall–Kier alpha value is -1.78. The summed E-state index contributed by atoms with van der Waals surface area (Å²) in [4.78, 5) is 15.4. The van der Waals surface area contributed by atoms with E-state index in [0.717, 1.165) is 24.9 Å². The predicted octanol–water partition coefficient (Wildman–Crippen LogP) is 1.69. The fourth-order valence-corrected chi connectivity index (χ4v) is 1.58. The highest BCUT2D eigenvalue weighted by Gasteiger charge is 2.00. The van der Waals surface area contributed by atoms with Gasteiger partial charge in [0, 0.05) is 25.7 Å². The number of pyridine rings is 1. The zero-order chi connectivity index (χ0) is 13.4. The van der Waals surface area contributed by atoms with E-state index < -0.39 is 0 Å². The van der Waals surface area contributed by atoms with Crippen molar-refractivity contribution in [3.05, 3.63) is 17.8 Å². The lowest BCUT2D eigenvalue weighted by Crippen LogP contribution is -2.25. The first-order chi connectivity index (χ1) is 8.63. The first kappa shape index (κ1) is 14.3. The SMILES string of the molecule is CCCC(=O)NCCCNc1ncc(C)cc1N. The third-order valence-corrected chi connectivity index (χ3v) is 2.50. The lowest BCUT2D eigenvalue weighted by molar-refractivity contribution is -0.121. The number of anilines is 2. The van der Waals surface area contributed by atoms with Crippen molar-refractivity contribution in [1.82, 2.24) is 10.3 Å². The second-order valence-electron chi connectivity index (χ2n) is 4.33. The van der Waals surface area contributed by atoms with E-state index in [4.69, 9.17) is 5.73 Å². The van der Waals surface area contributed by atoms with Gasteiger partial charge in [-0.2, -0.15) is 0 Å². The van der Waals surface area contributed by atoms with Crippen LogP contribution in [0.1, 0.15) is 31.7 Å². The number of nitrogens with two attached hydrogens (primary N) is 1. The molecule has 0 saturated carbocycles. The summed E-state index contributed by atoms with van der Waals surface area (Å²) in [6.07, 6.45) is 4.11. The van der Waals surface area contributed by atoms with Crippen molar-refractivity contribution < 1.29 is 4.79 Å². The number of carbonyl (C=O) groups is 1. The number of amides is 1. The Kier molecular flexibility index (Phi) is 5.97. The first-order valence-electron chi connectivity index (χ1n) is 6.36. The van der Waals surface area contributed by atoms with Crippen LogP contribution in [-0.4, -0.2) is 24.0 Å². The van der Waals surface area contributed by atoms with Gasteiger partial charge in [-0.05, 0) is 31.4 Å². The van der Waals surface area contributed by atoms with Gasteiger partial charge in [0.25, 0.3) is 0 Å². The Morgan fingerprint density at radius 3 is 2.89 bits per heavy atom. The van der Waals surface area contributed by atoms with Gasteiger partial charge in [-0.25, -0.2) is 4.98 Å². The predicted molar refractivity (Wildman–Crippen MR) is 74.4 cm³/mol. The monoisotopic (exact) mass is 250 g/mol. The number of carbonyl (C=O) groups excluding carboxylic acids is 1. The number of aryl methyl sites for hydroxylation is 1. The number of hydrogen-bond donors (Lipinski definition) is 3. The highest BCUT2D eigenvalue weighted by molar-refractivity contribution is 5.75. The summed E-state index contributed by atoms with van der Waals surface area (Å²) < 4.78 is 0. The minimum Gasteiger partial charge on any atom is -0.396 e. The molecule has 0 unspecified atom stereocenters. The van der Waals surface area contributed by atoms with Gasteiger partial charge in [0.2, 0.25) is 5.91 Å². The molecule has 0 bridgehead atoms. The van der Waals surface area contributed by atoms with Crippen LogP contribution in [0.3, 0.4) is 0 Å². The van der Waals surface area contributed by atoms with E-state index >= 15 is 0 Å². The number of nitrogens with one attached hydrogen (secondary N) is 2. The van der Waals surface area contributed by atoms with Crippen LogP contribution in [0.5, 0.6) is 0 Å². The summed E-state index contributed by atoms with van der Waals surface area (Å²) in [5.74, 6) is 0.825. The Morgan fingerprint density at radius 2 is 2.22 bits per heavy atom. The molecule has 100 valence electrons. The smallest absolute Gasteiger partial charge is 0.219 e. The second kappa shape index (κ2) is 7.53. The third kappa shape index (κ3) is 5.03. The number of hydrogen-bond acceptors (Lipinski definition) is 4. The van der Waals surface area contributed by atoms with Crippen LogP contribution in [0.25, 0.3) is 0 Å². The molecule has 0 radical (unpaired) electrons. The molecule has 0 saturated heterocycles. The van der Waals surface area contributed by atoms with Crippen molar-refractivity contribution in [2.24, 2.45) is 0 Å². The number of nitrogen functional groups attached to an aromatic ring is 1. The maximum absolute atomic E-state index is 11.2. The van der Waals surface area contributed by atoms with Gasteiger partial charge in [-0.1, -0.05) is 6.92 Å². The van der Waals surface area contributed by atoms with Crippen LogP contribution in [-0.2, 0) is 4.79 Å². The van der Waals surface area contributed by atoms with Crippen LogP contribution < -0.4 is 16.4 Å². The molecule has 1 rings (SSSR count). The van der Waals surface area contributed by atoms with E-state index in [1.54, 1.807) is 6.20 Å². The lowest BCUT2D eigenvalue weighted by Gasteiger charge is -2.09. The fraction of sp³-hybridized carbons (Fsp3) is 0.538. The molecule has 18 heavy (non-hydrogen) atoms. The van der Waals surface area contributed by atoms with E-state index in [1.807, 2.05) is 19.9 Å². The van der Waals surface area contributed by atoms with Crippen LogP contribution in [0, 0.1) is 6.92 Å². The van der Waals surface area contributed by atoms with Gasteiger partial charge in [-0.3, -0.25) is 4.79 Å². The van der Waals surface area contributed by atoms with Gasteiger partial charge >= 0.3 is 0 Å². The zero-order valence-corrected chi connectivity index (χ0v) is 11.1. The van der Waals surface area contributed by atoms with Gasteiger partial charge in [0.15, 0.2) is 0 Å². The Morgan fingerprint density at radius 1 is 1.44 bits per heavy atom. The van der Waals surface area contributed by atoms with Gasteiger partial charge in [0.1, 0.15) is 5.82 Å². The first-order valence-corrected chi connectivity index (χ1v) is 6.36. The van der Waals surface area contributed by atoms with Crippen molar-refractivity contribution in [3.8, 4) is 0 Å². The molecule has 0 aliphatic rings. The molecule has 0 spiro atoms. The number of rotatable bonds is 7. The number of aromatic nitrogens is 1. The average molecular weight is 250 g/mol. The Balaban J connectivity index is 2.20. The maximum atomic E-state index is 11.2. The molecule has 0 aliphatic heterocycles. The molecule has 0 fully saturated rings. The molecule has 4 N–H and O–H groups in total. The van der Waals surface area contributed by atoms with Crippen LogP contribution in [0.2, 0.25) is 0 Å². The Bertz CT molecular complexity index is 393. The Labute approximate surface area is 108 Å². The molecular weight excluding hydrogens is 228 g/mol. The summed E-state index contributed by atoms with van der Waals surface area (Å²) in [5, 5.41) is 6.02. The van der Waals surface area contributed by atoms with Crippen molar-refractivity contribution in [1.29, 1.82) is 0 Å². The van der Waals surface area contributed by atoms with Crippen LogP contribution in [0.4, 0.5) is 11.5 Å². The number of nitrogens with zero attached hydrogens (tertiary/aromatic N) is 1. The topological polar surface area (TPSA) is 80.0 Å².